The highest BCUT2D eigenvalue weighted by Gasteiger charge is 2.28. The molecule has 2 fully saturated rings. The number of aromatic amines is 1. The van der Waals surface area contributed by atoms with Gasteiger partial charge in [0.05, 0.1) is 36.0 Å². The number of amides is 2. The molecule has 3 heterocycles. The number of carbonyl (C=O) groups excluding carboxylic acids is 1. The van der Waals surface area contributed by atoms with Crippen LogP contribution in [0.3, 0.4) is 0 Å². The van der Waals surface area contributed by atoms with E-state index in [9.17, 15) is 4.79 Å². The molecule has 3 aromatic rings. The highest BCUT2D eigenvalue weighted by atomic mass is 16.5. The Kier molecular flexibility index (Phi) is 5.65. The summed E-state index contributed by atoms with van der Waals surface area (Å²) in [5.74, 6) is 1.13. The molecule has 0 spiro atoms. The van der Waals surface area contributed by atoms with E-state index in [0.717, 1.165) is 53.1 Å². The van der Waals surface area contributed by atoms with Gasteiger partial charge in [-0.05, 0) is 31.9 Å². The SMILES string of the molecule is CNC(=O)Nc1ccc(-c2nc(N3CCOC[C@@H]3C)nc3[nH]nc(C4CCCC4)c23)cc1. The number of morpholine rings is 1. The molecule has 2 aliphatic rings. The van der Waals surface area contributed by atoms with Crippen LogP contribution in [0, 0.1) is 0 Å². The maximum atomic E-state index is 11.6. The molecule has 2 aromatic heterocycles. The molecule has 0 radical (unpaired) electrons. The van der Waals surface area contributed by atoms with Gasteiger partial charge in [-0.2, -0.15) is 10.1 Å². The Labute approximate surface area is 187 Å². The third-order valence-electron chi connectivity index (χ3n) is 6.45. The van der Waals surface area contributed by atoms with Crippen molar-refractivity contribution in [2.24, 2.45) is 0 Å². The van der Waals surface area contributed by atoms with Crippen molar-refractivity contribution in [2.75, 3.05) is 37.0 Å². The first-order chi connectivity index (χ1) is 15.6. The van der Waals surface area contributed by atoms with E-state index < -0.39 is 0 Å². The summed E-state index contributed by atoms with van der Waals surface area (Å²) in [4.78, 5) is 23.8. The van der Waals surface area contributed by atoms with Crippen molar-refractivity contribution in [3.63, 3.8) is 0 Å². The van der Waals surface area contributed by atoms with E-state index in [4.69, 9.17) is 19.8 Å². The Morgan fingerprint density at radius 1 is 1.19 bits per heavy atom. The van der Waals surface area contributed by atoms with Crippen molar-refractivity contribution >= 4 is 28.7 Å². The second kappa shape index (κ2) is 8.74. The first kappa shape index (κ1) is 20.7. The van der Waals surface area contributed by atoms with Gasteiger partial charge in [-0.1, -0.05) is 25.0 Å². The molecule has 1 atom stereocenters. The Bertz CT molecular complexity index is 1110. The molecule has 32 heavy (non-hydrogen) atoms. The third kappa shape index (κ3) is 3.88. The van der Waals surface area contributed by atoms with E-state index in [1.54, 1.807) is 7.05 Å². The van der Waals surface area contributed by atoms with Gasteiger partial charge >= 0.3 is 6.03 Å². The van der Waals surface area contributed by atoms with Gasteiger partial charge in [0, 0.05) is 30.8 Å². The van der Waals surface area contributed by atoms with Crippen molar-refractivity contribution in [2.45, 2.75) is 44.6 Å². The van der Waals surface area contributed by atoms with E-state index in [2.05, 4.69) is 27.6 Å². The summed E-state index contributed by atoms with van der Waals surface area (Å²) in [6, 6.07) is 7.72. The zero-order chi connectivity index (χ0) is 22.1. The minimum atomic E-state index is -0.246. The van der Waals surface area contributed by atoms with Crippen LogP contribution in [0.25, 0.3) is 22.3 Å². The van der Waals surface area contributed by atoms with Crippen molar-refractivity contribution in [3.05, 3.63) is 30.0 Å². The minimum absolute atomic E-state index is 0.199. The average Bonchev–Trinajstić information content (AvgIpc) is 3.49. The van der Waals surface area contributed by atoms with Crippen LogP contribution in [-0.2, 0) is 4.74 Å². The first-order valence-electron chi connectivity index (χ1n) is 11.3. The van der Waals surface area contributed by atoms with E-state index in [-0.39, 0.29) is 12.1 Å². The fraction of sp³-hybridized carbons (Fsp3) is 0.478. The number of aromatic nitrogens is 4. The number of nitrogens with one attached hydrogen (secondary N) is 3. The molecule has 3 N–H and O–H groups in total. The summed E-state index contributed by atoms with van der Waals surface area (Å²) in [5, 5.41) is 14.3. The van der Waals surface area contributed by atoms with Gasteiger partial charge in [-0.15, -0.1) is 0 Å². The molecule has 1 saturated heterocycles. The Balaban J connectivity index is 1.60. The zero-order valence-corrected chi connectivity index (χ0v) is 18.5. The fourth-order valence-electron chi connectivity index (χ4n) is 4.70. The van der Waals surface area contributed by atoms with Gasteiger partial charge < -0.3 is 20.3 Å². The standard InChI is InChI=1S/C23H29N7O2/c1-14-13-32-12-11-30(14)22-26-19(16-7-9-17(10-8-16)25-23(31)24-2)18-20(15-5-3-4-6-15)28-29-21(18)27-22/h7-10,14-15H,3-6,11-13H2,1-2H3,(H2,24,25,31)(H,26,27,28,29)/t14-/m0/s1. The predicted molar refractivity (Wildman–Crippen MR) is 124 cm³/mol. The number of carbonyl (C=O) groups is 1. The monoisotopic (exact) mass is 435 g/mol. The maximum Gasteiger partial charge on any atom is 0.318 e. The van der Waals surface area contributed by atoms with Gasteiger partial charge in [0.2, 0.25) is 5.95 Å². The number of anilines is 2. The Morgan fingerprint density at radius 2 is 1.97 bits per heavy atom. The van der Waals surface area contributed by atoms with Crippen molar-refractivity contribution in [1.82, 2.24) is 25.5 Å². The second-order valence-corrected chi connectivity index (χ2v) is 8.58. The number of ether oxygens (including phenoxy) is 1. The lowest BCUT2D eigenvalue weighted by molar-refractivity contribution is 0.0981. The van der Waals surface area contributed by atoms with Crippen LogP contribution < -0.4 is 15.5 Å². The number of fused-ring (bicyclic) bond motifs is 1. The van der Waals surface area contributed by atoms with Crippen molar-refractivity contribution < 1.29 is 9.53 Å². The first-order valence-corrected chi connectivity index (χ1v) is 11.3. The molecule has 9 heteroatoms. The lowest BCUT2D eigenvalue weighted by Crippen LogP contribution is -2.44. The molecule has 1 aliphatic heterocycles. The zero-order valence-electron chi connectivity index (χ0n) is 18.5. The fourth-order valence-corrected chi connectivity index (χ4v) is 4.70. The van der Waals surface area contributed by atoms with Gasteiger partial charge in [0.1, 0.15) is 0 Å². The molecule has 1 saturated carbocycles. The van der Waals surface area contributed by atoms with Crippen molar-refractivity contribution in [3.8, 4) is 11.3 Å². The average molecular weight is 436 g/mol. The second-order valence-electron chi connectivity index (χ2n) is 8.58. The molecule has 9 nitrogen and oxygen atoms in total. The van der Waals surface area contributed by atoms with Crippen LogP contribution in [-0.4, -0.2) is 59.0 Å². The highest BCUT2D eigenvalue weighted by Crippen LogP contribution is 2.40. The molecule has 0 bridgehead atoms. The predicted octanol–water partition coefficient (Wildman–Crippen LogP) is 3.65. The van der Waals surface area contributed by atoms with Gasteiger partial charge in [0.25, 0.3) is 0 Å². The molecule has 5 rings (SSSR count). The lowest BCUT2D eigenvalue weighted by Gasteiger charge is -2.33. The molecule has 0 unspecified atom stereocenters. The lowest BCUT2D eigenvalue weighted by atomic mass is 9.98. The van der Waals surface area contributed by atoms with Crippen LogP contribution >= 0.6 is 0 Å². The van der Waals surface area contributed by atoms with Crippen molar-refractivity contribution in [1.29, 1.82) is 0 Å². The summed E-state index contributed by atoms with van der Waals surface area (Å²) < 4.78 is 5.60. The molecule has 1 aromatic carbocycles. The molecule has 2 amide bonds. The normalized spacial score (nSPS) is 19.4. The van der Waals surface area contributed by atoms with Crippen LogP contribution in [0.15, 0.2) is 24.3 Å². The third-order valence-corrected chi connectivity index (χ3v) is 6.45. The minimum Gasteiger partial charge on any atom is -0.377 e. The topological polar surface area (TPSA) is 108 Å². The number of urea groups is 1. The molecule has 168 valence electrons. The Morgan fingerprint density at radius 3 is 2.69 bits per heavy atom. The summed E-state index contributed by atoms with van der Waals surface area (Å²) >= 11 is 0. The highest BCUT2D eigenvalue weighted by molar-refractivity contribution is 5.94. The summed E-state index contributed by atoms with van der Waals surface area (Å²) in [6.07, 6.45) is 4.77. The van der Waals surface area contributed by atoms with E-state index >= 15 is 0 Å². The molecule has 1 aliphatic carbocycles. The van der Waals surface area contributed by atoms with E-state index in [1.165, 1.54) is 12.8 Å². The summed E-state index contributed by atoms with van der Waals surface area (Å²) in [6.45, 7) is 4.21. The number of H-pyrrole nitrogens is 1. The van der Waals surface area contributed by atoms with Crippen LogP contribution in [0.5, 0.6) is 0 Å². The van der Waals surface area contributed by atoms with Crippen LogP contribution in [0.1, 0.15) is 44.2 Å². The van der Waals surface area contributed by atoms with Crippen LogP contribution in [0.4, 0.5) is 16.4 Å². The number of nitrogens with zero attached hydrogens (tertiary/aromatic N) is 4. The number of rotatable bonds is 4. The number of benzene rings is 1. The largest absolute Gasteiger partial charge is 0.377 e. The van der Waals surface area contributed by atoms with E-state index in [1.807, 2.05) is 24.3 Å². The van der Waals surface area contributed by atoms with E-state index in [0.29, 0.717) is 25.1 Å². The molecular formula is C23H29N7O2. The summed E-state index contributed by atoms with van der Waals surface area (Å²) in [5.41, 5.74) is 4.43. The maximum absolute atomic E-state index is 11.6. The summed E-state index contributed by atoms with van der Waals surface area (Å²) in [7, 11) is 1.60. The van der Waals surface area contributed by atoms with Crippen LogP contribution in [0.2, 0.25) is 0 Å². The van der Waals surface area contributed by atoms with Gasteiger partial charge in [-0.3, -0.25) is 5.10 Å². The quantitative estimate of drug-likeness (QED) is 0.577. The molecular weight excluding hydrogens is 406 g/mol. The number of hydrogen-bond acceptors (Lipinski definition) is 6. The number of hydrogen-bond donors (Lipinski definition) is 3. The smallest absolute Gasteiger partial charge is 0.318 e. The Hall–Kier alpha value is -3.20. The van der Waals surface area contributed by atoms with Gasteiger partial charge in [0.15, 0.2) is 5.65 Å². The van der Waals surface area contributed by atoms with Gasteiger partial charge in [-0.25, -0.2) is 9.78 Å².